The first kappa shape index (κ1) is 22.1. The van der Waals surface area contributed by atoms with Crippen LogP contribution < -0.4 is 10.1 Å². The van der Waals surface area contributed by atoms with Crippen molar-refractivity contribution in [2.45, 2.75) is 26.5 Å². The van der Waals surface area contributed by atoms with Crippen molar-refractivity contribution >= 4 is 35.6 Å². The summed E-state index contributed by atoms with van der Waals surface area (Å²) in [6.07, 6.45) is 1.01. The Hall–Kier alpha value is -0.970. The summed E-state index contributed by atoms with van der Waals surface area (Å²) in [4.78, 5) is 0. The predicted octanol–water partition coefficient (Wildman–Crippen LogP) is 5.51. The number of nitrogens with one attached hydrogen (secondary N) is 1. The Kier molecular flexibility index (Phi) is 10.9. The highest BCUT2D eigenvalue weighted by molar-refractivity contribution is 6.35. The highest BCUT2D eigenvalue weighted by Crippen LogP contribution is 2.23. The van der Waals surface area contributed by atoms with E-state index in [2.05, 4.69) is 11.4 Å². The Bertz CT molecular complexity index is 638. The minimum absolute atomic E-state index is 0. The number of hydrogen-bond donors (Lipinski definition) is 1. The van der Waals surface area contributed by atoms with Gasteiger partial charge in [0.25, 0.3) is 0 Å². The molecule has 0 saturated heterocycles. The number of benzene rings is 2. The Morgan fingerprint density at radius 1 is 1.08 bits per heavy atom. The number of rotatable bonds is 10. The molecule has 0 spiro atoms. The predicted molar refractivity (Wildman–Crippen MR) is 107 cm³/mol. The maximum absolute atomic E-state index is 6.16. The Morgan fingerprint density at radius 3 is 2.68 bits per heavy atom. The van der Waals surface area contributed by atoms with Crippen molar-refractivity contribution in [3.63, 3.8) is 0 Å². The summed E-state index contributed by atoms with van der Waals surface area (Å²) in [6.45, 7) is 5.75. The van der Waals surface area contributed by atoms with Gasteiger partial charge in [0.15, 0.2) is 0 Å². The molecule has 0 radical (unpaired) electrons. The molecule has 2 aromatic carbocycles. The molecular weight excluding hydrogens is 381 g/mol. The lowest BCUT2D eigenvalue weighted by Crippen LogP contribution is -2.16. The SMILES string of the molecule is CCOCCCNCc1cccc(OCc2ccc(Cl)cc2Cl)c1.Cl. The van der Waals surface area contributed by atoms with Gasteiger partial charge in [-0.1, -0.05) is 41.4 Å². The summed E-state index contributed by atoms with van der Waals surface area (Å²) in [5, 5.41) is 4.65. The van der Waals surface area contributed by atoms with Gasteiger partial charge in [-0.2, -0.15) is 0 Å². The molecule has 2 aromatic rings. The molecule has 0 fully saturated rings. The minimum Gasteiger partial charge on any atom is -0.489 e. The largest absolute Gasteiger partial charge is 0.489 e. The molecule has 0 heterocycles. The van der Waals surface area contributed by atoms with E-state index in [0.29, 0.717) is 16.7 Å². The summed E-state index contributed by atoms with van der Waals surface area (Å²) in [7, 11) is 0. The van der Waals surface area contributed by atoms with Crippen LogP contribution >= 0.6 is 35.6 Å². The Labute approximate surface area is 166 Å². The summed E-state index contributed by atoms with van der Waals surface area (Å²) in [5.74, 6) is 0.828. The second-order valence-electron chi connectivity index (χ2n) is 5.40. The van der Waals surface area contributed by atoms with E-state index in [9.17, 15) is 0 Å². The molecule has 0 amide bonds. The van der Waals surface area contributed by atoms with E-state index in [1.165, 1.54) is 5.56 Å². The van der Waals surface area contributed by atoms with Gasteiger partial charge in [-0.25, -0.2) is 0 Å². The average Bonchev–Trinajstić information content (AvgIpc) is 2.58. The van der Waals surface area contributed by atoms with Crippen molar-refractivity contribution in [2.24, 2.45) is 0 Å². The van der Waals surface area contributed by atoms with Gasteiger partial charge in [0.1, 0.15) is 12.4 Å². The molecule has 1 N–H and O–H groups in total. The molecule has 0 aliphatic rings. The normalized spacial score (nSPS) is 10.4. The molecule has 6 heteroatoms. The number of halogens is 3. The molecular formula is C19H24Cl3NO2. The Balaban J connectivity index is 0.00000312. The monoisotopic (exact) mass is 403 g/mol. The second-order valence-corrected chi connectivity index (χ2v) is 6.24. The van der Waals surface area contributed by atoms with Gasteiger partial charge in [0.05, 0.1) is 0 Å². The third kappa shape index (κ3) is 8.30. The summed E-state index contributed by atoms with van der Waals surface area (Å²) < 4.78 is 11.2. The van der Waals surface area contributed by atoms with Crippen molar-refractivity contribution in [1.82, 2.24) is 5.32 Å². The van der Waals surface area contributed by atoms with Crippen LogP contribution in [0.2, 0.25) is 10.0 Å². The fourth-order valence-corrected chi connectivity index (χ4v) is 2.68. The van der Waals surface area contributed by atoms with E-state index >= 15 is 0 Å². The van der Waals surface area contributed by atoms with Crippen LogP contribution in [0.4, 0.5) is 0 Å². The third-order valence-corrected chi connectivity index (χ3v) is 4.07. The first-order valence-electron chi connectivity index (χ1n) is 8.13. The third-order valence-electron chi connectivity index (χ3n) is 3.48. The van der Waals surface area contributed by atoms with Crippen molar-refractivity contribution in [2.75, 3.05) is 19.8 Å². The smallest absolute Gasteiger partial charge is 0.120 e. The summed E-state index contributed by atoms with van der Waals surface area (Å²) >= 11 is 12.1. The van der Waals surface area contributed by atoms with Gasteiger partial charge in [-0.3, -0.25) is 0 Å². The van der Waals surface area contributed by atoms with E-state index in [-0.39, 0.29) is 12.4 Å². The maximum Gasteiger partial charge on any atom is 0.120 e. The fourth-order valence-electron chi connectivity index (χ4n) is 2.22. The van der Waals surface area contributed by atoms with Crippen molar-refractivity contribution in [3.8, 4) is 5.75 Å². The zero-order valence-electron chi connectivity index (χ0n) is 14.3. The summed E-state index contributed by atoms with van der Waals surface area (Å²) in [5.41, 5.74) is 2.10. The summed E-state index contributed by atoms with van der Waals surface area (Å²) in [6, 6.07) is 13.5. The average molecular weight is 405 g/mol. The van der Waals surface area contributed by atoms with Crippen LogP contribution in [-0.2, 0) is 17.9 Å². The molecule has 0 aliphatic carbocycles. The topological polar surface area (TPSA) is 30.5 Å². The van der Waals surface area contributed by atoms with Crippen LogP contribution in [0.5, 0.6) is 5.75 Å². The van der Waals surface area contributed by atoms with Crippen molar-refractivity contribution < 1.29 is 9.47 Å². The van der Waals surface area contributed by atoms with Crippen LogP contribution in [0.1, 0.15) is 24.5 Å². The van der Waals surface area contributed by atoms with Crippen LogP contribution in [0.3, 0.4) is 0 Å². The van der Waals surface area contributed by atoms with E-state index in [4.69, 9.17) is 32.7 Å². The molecule has 2 rings (SSSR count). The number of hydrogen-bond acceptors (Lipinski definition) is 3. The zero-order chi connectivity index (χ0) is 17.2. The van der Waals surface area contributed by atoms with Gasteiger partial charge < -0.3 is 14.8 Å². The lowest BCUT2D eigenvalue weighted by atomic mass is 10.2. The fraction of sp³-hybridized carbons (Fsp3) is 0.368. The minimum atomic E-state index is 0. The maximum atomic E-state index is 6.16. The van der Waals surface area contributed by atoms with E-state index in [0.717, 1.165) is 44.0 Å². The molecule has 0 bridgehead atoms. The molecule has 3 nitrogen and oxygen atoms in total. The standard InChI is InChI=1S/C19H23Cl2NO2.ClH/c1-2-23-10-4-9-22-13-15-5-3-6-18(11-15)24-14-16-7-8-17(20)12-19(16)21;/h3,5-8,11-12,22H,2,4,9-10,13-14H2,1H3;1H. The highest BCUT2D eigenvalue weighted by Gasteiger charge is 2.03. The van der Waals surface area contributed by atoms with Crippen LogP contribution in [0.25, 0.3) is 0 Å². The molecule has 0 saturated carbocycles. The quantitative estimate of drug-likeness (QED) is 0.530. The van der Waals surface area contributed by atoms with E-state index in [1.54, 1.807) is 6.07 Å². The van der Waals surface area contributed by atoms with Crippen LogP contribution in [-0.4, -0.2) is 19.8 Å². The van der Waals surface area contributed by atoms with E-state index in [1.807, 2.05) is 37.3 Å². The van der Waals surface area contributed by atoms with Crippen LogP contribution in [0.15, 0.2) is 42.5 Å². The van der Waals surface area contributed by atoms with Gasteiger partial charge in [0.2, 0.25) is 0 Å². The molecule has 0 aromatic heterocycles. The van der Waals surface area contributed by atoms with Crippen molar-refractivity contribution in [1.29, 1.82) is 0 Å². The van der Waals surface area contributed by atoms with Gasteiger partial charge in [-0.15, -0.1) is 12.4 Å². The number of ether oxygens (including phenoxy) is 2. The Morgan fingerprint density at radius 2 is 1.92 bits per heavy atom. The zero-order valence-corrected chi connectivity index (χ0v) is 16.6. The van der Waals surface area contributed by atoms with E-state index < -0.39 is 0 Å². The first-order chi connectivity index (χ1) is 11.7. The van der Waals surface area contributed by atoms with Gasteiger partial charge in [0, 0.05) is 35.4 Å². The molecule has 0 unspecified atom stereocenters. The molecule has 25 heavy (non-hydrogen) atoms. The van der Waals surface area contributed by atoms with Gasteiger partial charge >= 0.3 is 0 Å². The molecule has 138 valence electrons. The van der Waals surface area contributed by atoms with Crippen molar-refractivity contribution in [3.05, 3.63) is 63.6 Å². The second kappa shape index (κ2) is 12.4. The molecule has 0 aliphatic heterocycles. The van der Waals surface area contributed by atoms with Gasteiger partial charge in [-0.05, 0) is 49.7 Å². The van der Waals surface area contributed by atoms with Crippen LogP contribution in [0, 0.1) is 0 Å². The lowest BCUT2D eigenvalue weighted by molar-refractivity contribution is 0.144. The lowest BCUT2D eigenvalue weighted by Gasteiger charge is -2.10. The molecule has 0 atom stereocenters. The first-order valence-corrected chi connectivity index (χ1v) is 8.88. The highest BCUT2D eigenvalue weighted by atomic mass is 35.5.